The zero-order chi connectivity index (χ0) is 20.0. The third kappa shape index (κ3) is 2.88. The molecular formula is C19H14BrN7O2. The van der Waals surface area contributed by atoms with Crippen LogP contribution in [0.2, 0.25) is 0 Å². The number of H-pyrrole nitrogens is 1. The molecule has 0 unspecified atom stereocenters. The summed E-state index contributed by atoms with van der Waals surface area (Å²) in [5.41, 5.74) is 3.12. The molecule has 144 valence electrons. The molecule has 0 aliphatic carbocycles. The van der Waals surface area contributed by atoms with E-state index in [1.54, 1.807) is 11.8 Å². The standard InChI is InChI=1S/C19H14BrN7O2/c1-29-13-8-4-10(5-9-13)15-14-16(18(28)23-22-15)21-19-24-25-26-27(19)17(14)11-2-6-12(20)7-3-11/h2-9,17H,1H3,(H,23,28)(H,21,24,26)/t17-/m1/s1. The average Bonchev–Trinajstić information content (AvgIpc) is 3.22. The highest BCUT2D eigenvalue weighted by Crippen LogP contribution is 2.41. The second-order valence-electron chi connectivity index (χ2n) is 6.44. The summed E-state index contributed by atoms with van der Waals surface area (Å²) in [6, 6.07) is 14.9. The molecule has 0 saturated heterocycles. The van der Waals surface area contributed by atoms with Crippen molar-refractivity contribution < 1.29 is 4.74 Å². The maximum atomic E-state index is 12.6. The smallest absolute Gasteiger partial charge is 0.288 e. The van der Waals surface area contributed by atoms with Crippen LogP contribution in [0.15, 0.2) is 57.8 Å². The number of aromatic nitrogens is 6. The van der Waals surface area contributed by atoms with Crippen LogP contribution in [0.1, 0.15) is 17.2 Å². The molecule has 3 heterocycles. The van der Waals surface area contributed by atoms with Gasteiger partial charge in [0.1, 0.15) is 17.5 Å². The van der Waals surface area contributed by atoms with Gasteiger partial charge in [0, 0.05) is 15.6 Å². The number of benzene rings is 2. The second-order valence-corrected chi connectivity index (χ2v) is 7.36. The number of aromatic amines is 1. The van der Waals surface area contributed by atoms with Gasteiger partial charge >= 0.3 is 0 Å². The normalized spacial score (nSPS) is 14.6. The Labute approximate surface area is 172 Å². The van der Waals surface area contributed by atoms with Crippen molar-refractivity contribution in [3.63, 3.8) is 0 Å². The SMILES string of the molecule is COc1ccc(-c2n[nH]c(=O)c3c2[C@@H](c2ccc(Br)cc2)n2nnnc2N3)cc1. The molecule has 0 saturated carbocycles. The first-order chi connectivity index (χ1) is 14.2. The fourth-order valence-corrected chi connectivity index (χ4v) is 3.72. The number of rotatable bonds is 3. The van der Waals surface area contributed by atoms with E-state index in [9.17, 15) is 4.79 Å². The van der Waals surface area contributed by atoms with Crippen molar-refractivity contribution in [3.8, 4) is 17.0 Å². The Morgan fingerprint density at radius 1 is 1.10 bits per heavy atom. The molecule has 1 atom stereocenters. The number of hydrogen-bond donors (Lipinski definition) is 2. The molecule has 0 spiro atoms. The van der Waals surface area contributed by atoms with Crippen LogP contribution < -0.4 is 15.6 Å². The van der Waals surface area contributed by atoms with Crippen LogP contribution >= 0.6 is 15.9 Å². The van der Waals surface area contributed by atoms with E-state index in [4.69, 9.17) is 4.74 Å². The highest BCUT2D eigenvalue weighted by atomic mass is 79.9. The molecule has 1 aliphatic rings. The van der Waals surface area contributed by atoms with Gasteiger partial charge in [-0.3, -0.25) is 4.79 Å². The summed E-state index contributed by atoms with van der Waals surface area (Å²) >= 11 is 3.46. The summed E-state index contributed by atoms with van der Waals surface area (Å²) in [6.45, 7) is 0. The largest absolute Gasteiger partial charge is 0.497 e. The molecule has 29 heavy (non-hydrogen) atoms. The number of tetrazole rings is 1. The Bertz CT molecular complexity index is 1250. The Morgan fingerprint density at radius 3 is 2.59 bits per heavy atom. The summed E-state index contributed by atoms with van der Waals surface area (Å²) in [6.07, 6.45) is 0. The van der Waals surface area contributed by atoms with E-state index in [1.807, 2.05) is 48.5 Å². The topological polar surface area (TPSA) is 111 Å². The Hall–Kier alpha value is -3.53. The minimum absolute atomic E-state index is 0.339. The van der Waals surface area contributed by atoms with Gasteiger partial charge in [0.2, 0.25) is 5.95 Å². The van der Waals surface area contributed by atoms with E-state index in [-0.39, 0.29) is 5.56 Å². The molecule has 5 rings (SSSR count). The molecular weight excluding hydrogens is 438 g/mol. The van der Waals surface area contributed by atoms with Crippen LogP contribution in [0, 0.1) is 0 Å². The van der Waals surface area contributed by atoms with Gasteiger partial charge in [-0.05, 0) is 52.4 Å². The maximum Gasteiger partial charge on any atom is 0.288 e. The Kier molecular flexibility index (Phi) is 4.13. The lowest BCUT2D eigenvalue weighted by Crippen LogP contribution is -2.29. The molecule has 0 amide bonds. The lowest BCUT2D eigenvalue weighted by molar-refractivity contribution is 0.415. The van der Waals surface area contributed by atoms with Crippen molar-refractivity contribution in [3.05, 3.63) is 74.5 Å². The van der Waals surface area contributed by atoms with E-state index in [0.717, 1.165) is 21.3 Å². The number of anilines is 2. The minimum Gasteiger partial charge on any atom is -0.497 e. The number of methoxy groups -OCH3 is 1. The zero-order valence-electron chi connectivity index (χ0n) is 15.1. The van der Waals surface area contributed by atoms with Gasteiger partial charge in [0.05, 0.1) is 12.8 Å². The quantitative estimate of drug-likeness (QED) is 0.433. The van der Waals surface area contributed by atoms with Crippen molar-refractivity contribution in [1.29, 1.82) is 0 Å². The monoisotopic (exact) mass is 451 g/mol. The van der Waals surface area contributed by atoms with Gasteiger partial charge in [0.15, 0.2) is 0 Å². The molecule has 0 radical (unpaired) electrons. The number of hydrogen-bond acceptors (Lipinski definition) is 7. The van der Waals surface area contributed by atoms with Crippen LogP contribution in [-0.4, -0.2) is 37.5 Å². The second kappa shape index (κ2) is 6.82. The van der Waals surface area contributed by atoms with Gasteiger partial charge in [-0.25, -0.2) is 5.10 Å². The van der Waals surface area contributed by atoms with Gasteiger partial charge in [-0.1, -0.05) is 33.2 Å². The van der Waals surface area contributed by atoms with Crippen LogP contribution in [0.3, 0.4) is 0 Å². The predicted molar refractivity (Wildman–Crippen MR) is 109 cm³/mol. The summed E-state index contributed by atoms with van der Waals surface area (Å²) < 4.78 is 7.85. The first-order valence-corrected chi connectivity index (χ1v) is 9.52. The van der Waals surface area contributed by atoms with E-state index >= 15 is 0 Å². The molecule has 2 aromatic heterocycles. The first-order valence-electron chi connectivity index (χ1n) is 8.73. The van der Waals surface area contributed by atoms with Crippen molar-refractivity contribution in [1.82, 2.24) is 30.4 Å². The fourth-order valence-electron chi connectivity index (χ4n) is 3.46. The summed E-state index contributed by atoms with van der Waals surface area (Å²) in [5.74, 6) is 1.13. The highest BCUT2D eigenvalue weighted by molar-refractivity contribution is 9.10. The third-order valence-corrected chi connectivity index (χ3v) is 5.35. The van der Waals surface area contributed by atoms with Crippen molar-refractivity contribution in [2.45, 2.75) is 6.04 Å². The van der Waals surface area contributed by atoms with Crippen LogP contribution in [0.5, 0.6) is 5.75 Å². The van der Waals surface area contributed by atoms with Crippen LogP contribution in [0.4, 0.5) is 11.6 Å². The number of ether oxygens (including phenoxy) is 1. The lowest BCUT2D eigenvalue weighted by atomic mass is 9.92. The van der Waals surface area contributed by atoms with Gasteiger partial charge in [-0.15, -0.1) is 0 Å². The number of nitrogens with zero attached hydrogens (tertiary/aromatic N) is 5. The molecule has 1 aliphatic heterocycles. The third-order valence-electron chi connectivity index (χ3n) is 4.82. The van der Waals surface area contributed by atoms with E-state index in [1.165, 1.54) is 0 Å². The molecule has 9 nitrogen and oxygen atoms in total. The highest BCUT2D eigenvalue weighted by Gasteiger charge is 2.34. The van der Waals surface area contributed by atoms with Gasteiger partial charge in [0.25, 0.3) is 5.56 Å². The number of nitrogens with one attached hydrogen (secondary N) is 2. The Balaban J connectivity index is 1.78. The molecule has 0 bridgehead atoms. The number of fused-ring (bicyclic) bond motifs is 2. The van der Waals surface area contributed by atoms with E-state index in [0.29, 0.717) is 22.9 Å². The number of halogens is 1. The molecule has 2 N–H and O–H groups in total. The summed E-state index contributed by atoms with van der Waals surface area (Å²) in [5, 5.41) is 21.9. The fraction of sp³-hybridized carbons (Fsp3) is 0.105. The zero-order valence-corrected chi connectivity index (χ0v) is 16.7. The van der Waals surface area contributed by atoms with Gasteiger partial charge < -0.3 is 10.1 Å². The summed E-state index contributed by atoms with van der Waals surface area (Å²) in [4.78, 5) is 12.6. The molecule has 0 fully saturated rings. The van der Waals surface area contributed by atoms with Crippen LogP contribution in [-0.2, 0) is 0 Å². The average molecular weight is 452 g/mol. The molecule has 4 aromatic rings. The van der Waals surface area contributed by atoms with Crippen molar-refractivity contribution in [2.24, 2.45) is 0 Å². The predicted octanol–water partition coefficient (Wildman–Crippen LogP) is 2.89. The minimum atomic E-state index is -0.420. The molecule has 10 heteroatoms. The van der Waals surface area contributed by atoms with Crippen LogP contribution in [0.25, 0.3) is 11.3 Å². The maximum absolute atomic E-state index is 12.6. The van der Waals surface area contributed by atoms with Gasteiger partial charge in [-0.2, -0.15) is 9.78 Å². The first kappa shape index (κ1) is 17.6. The Morgan fingerprint density at radius 2 is 1.86 bits per heavy atom. The van der Waals surface area contributed by atoms with Crippen molar-refractivity contribution >= 4 is 27.6 Å². The van der Waals surface area contributed by atoms with Crippen molar-refractivity contribution in [2.75, 3.05) is 12.4 Å². The summed E-state index contributed by atoms with van der Waals surface area (Å²) in [7, 11) is 1.61. The molecule has 2 aromatic carbocycles. The van der Waals surface area contributed by atoms with E-state index < -0.39 is 6.04 Å². The lowest BCUT2D eigenvalue weighted by Gasteiger charge is -2.27. The van der Waals surface area contributed by atoms with E-state index in [2.05, 4.69) is 47.0 Å².